The zero-order valence-electron chi connectivity index (χ0n) is 9.07. The first kappa shape index (κ1) is 11.9. The van der Waals surface area contributed by atoms with E-state index in [9.17, 15) is 0 Å². The van der Waals surface area contributed by atoms with Crippen molar-refractivity contribution in [3.05, 3.63) is 12.2 Å². The van der Waals surface area contributed by atoms with Gasteiger partial charge in [0, 0.05) is 13.2 Å². The van der Waals surface area contributed by atoms with Gasteiger partial charge in [0.15, 0.2) is 0 Å². The highest BCUT2D eigenvalue weighted by Crippen LogP contribution is 2.29. The second-order valence-corrected chi connectivity index (χ2v) is 4.88. The van der Waals surface area contributed by atoms with Crippen molar-refractivity contribution in [1.82, 2.24) is 0 Å². The molecule has 4 heteroatoms. The molecular formula is C10H20O3Si. The predicted molar refractivity (Wildman–Crippen MR) is 58.2 cm³/mol. The van der Waals surface area contributed by atoms with Crippen molar-refractivity contribution < 1.29 is 13.3 Å². The summed E-state index contributed by atoms with van der Waals surface area (Å²) in [5, 5.41) is 0. The molecule has 0 N–H and O–H groups in total. The van der Waals surface area contributed by atoms with E-state index in [4.69, 9.17) is 13.3 Å². The van der Waals surface area contributed by atoms with Gasteiger partial charge in [0.05, 0.1) is 6.61 Å². The third-order valence-corrected chi connectivity index (χ3v) is 3.64. The first-order chi connectivity index (χ1) is 6.86. The minimum absolute atomic E-state index is 0.632. The van der Waals surface area contributed by atoms with Crippen molar-refractivity contribution in [2.24, 2.45) is 5.92 Å². The second-order valence-electron chi connectivity index (χ2n) is 3.30. The van der Waals surface area contributed by atoms with Crippen LogP contribution in [-0.2, 0) is 13.3 Å². The first-order valence-corrected chi connectivity index (χ1v) is 6.79. The lowest BCUT2D eigenvalue weighted by molar-refractivity contribution is 0.112. The maximum absolute atomic E-state index is 5.51. The highest BCUT2D eigenvalue weighted by Gasteiger charge is 2.17. The molecule has 0 aromatic carbocycles. The fraction of sp³-hybridized carbons (Fsp3) is 0.800. The van der Waals surface area contributed by atoms with Gasteiger partial charge in [0.2, 0.25) is 0 Å². The number of hydrogen-bond acceptors (Lipinski definition) is 3. The van der Waals surface area contributed by atoms with E-state index in [2.05, 4.69) is 12.2 Å². The Bertz CT molecular complexity index is 163. The molecule has 1 rings (SSSR count). The summed E-state index contributed by atoms with van der Waals surface area (Å²) in [7, 11) is -1.83. The van der Waals surface area contributed by atoms with Gasteiger partial charge in [0.25, 0.3) is 0 Å². The van der Waals surface area contributed by atoms with E-state index >= 15 is 0 Å². The Morgan fingerprint density at radius 3 is 2.29 bits per heavy atom. The fourth-order valence-electron chi connectivity index (χ4n) is 1.09. The van der Waals surface area contributed by atoms with Crippen LogP contribution in [0, 0.1) is 5.92 Å². The normalized spacial score (nSPS) is 17.1. The molecule has 14 heavy (non-hydrogen) atoms. The Hall–Kier alpha value is -0.163. The quantitative estimate of drug-likeness (QED) is 0.457. The molecule has 3 nitrogen and oxygen atoms in total. The Morgan fingerprint density at radius 1 is 1.14 bits per heavy atom. The molecule has 0 spiro atoms. The summed E-state index contributed by atoms with van der Waals surface area (Å²) in [6, 6.07) is 0. The van der Waals surface area contributed by atoms with Gasteiger partial charge in [-0.1, -0.05) is 12.2 Å². The van der Waals surface area contributed by atoms with Gasteiger partial charge in [-0.3, -0.25) is 0 Å². The van der Waals surface area contributed by atoms with E-state index < -0.39 is 9.53 Å². The molecule has 82 valence electrons. The zero-order chi connectivity index (χ0) is 10.2. The van der Waals surface area contributed by atoms with Crippen molar-refractivity contribution in [2.75, 3.05) is 19.8 Å². The van der Waals surface area contributed by atoms with Crippen LogP contribution in [0.3, 0.4) is 0 Å². The Balaban J connectivity index is 2.04. The Kier molecular flexibility index (Phi) is 6.10. The van der Waals surface area contributed by atoms with Gasteiger partial charge < -0.3 is 13.3 Å². The van der Waals surface area contributed by atoms with Crippen LogP contribution in [-0.4, -0.2) is 29.3 Å². The van der Waals surface area contributed by atoms with Crippen LogP contribution in [0.2, 0.25) is 0 Å². The molecule has 1 saturated carbocycles. The Morgan fingerprint density at radius 2 is 1.79 bits per heavy atom. The van der Waals surface area contributed by atoms with Crippen LogP contribution in [0.25, 0.3) is 0 Å². The van der Waals surface area contributed by atoms with E-state index in [0.717, 1.165) is 5.92 Å². The summed E-state index contributed by atoms with van der Waals surface area (Å²) in [5.41, 5.74) is 0. The maximum atomic E-state index is 5.51. The van der Waals surface area contributed by atoms with Crippen LogP contribution >= 0.6 is 0 Å². The maximum Gasteiger partial charge on any atom is 0.484 e. The Labute approximate surface area is 88.0 Å². The lowest BCUT2D eigenvalue weighted by atomic mass is 10.4. The molecule has 0 atom stereocenters. The fourth-order valence-corrected chi connectivity index (χ4v) is 2.19. The predicted octanol–water partition coefficient (Wildman–Crippen LogP) is 1.76. The SMILES string of the molecule is CCO[SiH](OCC)OCC=CC1CC1. The van der Waals surface area contributed by atoms with Gasteiger partial charge in [-0.25, -0.2) is 0 Å². The summed E-state index contributed by atoms with van der Waals surface area (Å²) in [6.45, 7) is 5.89. The van der Waals surface area contributed by atoms with Gasteiger partial charge in [-0.2, -0.15) is 0 Å². The number of allylic oxidation sites excluding steroid dienone is 1. The molecule has 1 aliphatic rings. The molecule has 0 radical (unpaired) electrons. The monoisotopic (exact) mass is 216 g/mol. The largest absolute Gasteiger partial charge is 0.484 e. The lowest BCUT2D eigenvalue weighted by Gasteiger charge is -2.13. The first-order valence-electron chi connectivity index (χ1n) is 5.38. The standard InChI is InChI=1S/C10H20O3Si/c1-3-11-14(12-4-2)13-9-5-6-10-7-8-10/h5-6,10,14H,3-4,7-9H2,1-2H3. The third kappa shape index (κ3) is 5.54. The van der Waals surface area contributed by atoms with E-state index in [1.165, 1.54) is 12.8 Å². The molecule has 0 aliphatic heterocycles. The third-order valence-electron chi connectivity index (χ3n) is 1.96. The molecular weight excluding hydrogens is 196 g/mol. The average molecular weight is 216 g/mol. The van der Waals surface area contributed by atoms with Crippen LogP contribution in [0.5, 0.6) is 0 Å². The molecule has 0 heterocycles. The minimum atomic E-state index is -1.83. The van der Waals surface area contributed by atoms with Gasteiger partial charge >= 0.3 is 9.53 Å². The molecule has 0 saturated heterocycles. The van der Waals surface area contributed by atoms with Gasteiger partial charge in [-0.15, -0.1) is 0 Å². The van der Waals surface area contributed by atoms with E-state index in [1.807, 2.05) is 13.8 Å². The second kappa shape index (κ2) is 7.17. The minimum Gasteiger partial charge on any atom is -0.376 e. The molecule has 0 amide bonds. The summed E-state index contributed by atoms with van der Waals surface area (Å²) in [5.74, 6) is 0.818. The van der Waals surface area contributed by atoms with Crippen LogP contribution in [0.1, 0.15) is 26.7 Å². The van der Waals surface area contributed by atoms with Crippen LogP contribution in [0.4, 0.5) is 0 Å². The van der Waals surface area contributed by atoms with Gasteiger partial charge in [-0.05, 0) is 32.6 Å². The highest BCUT2D eigenvalue weighted by atomic mass is 28.3. The van der Waals surface area contributed by atoms with Crippen molar-refractivity contribution >= 4 is 9.53 Å². The zero-order valence-corrected chi connectivity index (χ0v) is 10.2. The van der Waals surface area contributed by atoms with Crippen molar-refractivity contribution in [3.8, 4) is 0 Å². The summed E-state index contributed by atoms with van der Waals surface area (Å²) in [6.07, 6.45) is 6.99. The van der Waals surface area contributed by atoms with Crippen molar-refractivity contribution in [1.29, 1.82) is 0 Å². The molecule has 0 bridgehead atoms. The average Bonchev–Trinajstić information content (AvgIpc) is 2.96. The molecule has 0 aromatic rings. The summed E-state index contributed by atoms with van der Waals surface area (Å²) < 4.78 is 16.2. The van der Waals surface area contributed by atoms with E-state index in [0.29, 0.717) is 19.8 Å². The number of rotatable bonds is 8. The molecule has 0 aromatic heterocycles. The number of hydrogen-bond donors (Lipinski definition) is 0. The molecule has 1 fully saturated rings. The highest BCUT2D eigenvalue weighted by molar-refractivity contribution is 6.36. The lowest BCUT2D eigenvalue weighted by Crippen LogP contribution is -2.27. The molecule has 1 aliphatic carbocycles. The summed E-state index contributed by atoms with van der Waals surface area (Å²) in [4.78, 5) is 0. The van der Waals surface area contributed by atoms with Crippen molar-refractivity contribution in [2.45, 2.75) is 26.7 Å². The van der Waals surface area contributed by atoms with Crippen LogP contribution < -0.4 is 0 Å². The summed E-state index contributed by atoms with van der Waals surface area (Å²) >= 11 is 0. The molecule has 0 unspecified atom stereocenters. The van der Waals surface area contributed by atoms with Crippen molar-refractivity contribution in [3.63, 3.8) is 0 Å². The van der Waals surface area contributed by atoms with E-state index in [1.54, 1.807) is 0 Å². The topological polar surface area (TPSA) is 27.7 Å². The van der Waals surface area contributed by atoms with Crippen LogP contribution in [0.15, 0.2) is 12.2 Å². The smallest absolute Gasteiger partial charge is 0.376 e. The van der Waals surface area contributed by atoms with E-state index in [-0.39, 0.29) is 0 Å². The van der Waals surface area contributed by atoms with Gasteiger partial charge in [0.1, 0.15) is 0 Å².